The average molecular weight is 283 g/mol. The summed E-state index contributed by atoms with van der Waals surface area (Å²) < 4.78 is 0. The second-order valence-electron chi connectivity index (χ2n) is 8.02. The molecular formula is C18H38N2. The van der Waals surface area contributed by atoms with Crippen LogP contribution in [0.2, 0.25) is 0 Å². The highest BCUT2D eigenvalue weighted by molar-refractivity contribution is 4.85. The van der Waals surface area contributed by atoms with Gasteiger partial charge in [-0.3, -0.25) is 0 Å². The molecule has 1 saturated carbocycles. The summed E-state index contributed by atoms with van der Waals surface area (Å²) in [5.74, 6) is 0.765. The van der Waals surface area contributed by atoms with Crippen LogP contribution in [0, 0.1) is 16.7 Å². The van der Waals surface area contributed by atoms with Crippen LogP contribution in [0.1, 0.15) is 79.1 Å². The zero-order valence-electron chi connectivity index (χ0n) is 14.4. The molecule has 0 amide bonds. The zero-order valence-corrected chi connectivity index (χ0v) is 14.4. The Labute approximate surface area is 127 Å². The molecular weight excluding hydrogens is 244 g/mol. The Balaban J connectivity index is 2.20. The van der Waals surface area contributed by atoms with Gasteiger partial charge in [-0.15, -0.1) is 0 Å². The predicted octanol–water partition coefficient (Wildman–Crippen LogP) is 4.34. The molecule has 0 radical (unpaired) electrons. The summed E-state index contributed by atoms with van der Waals surface area (Å²) >= 11 is 0. The molecule has 20 heavy (non-hydrogen) atoms. The first-order valence-corrected chi connectivity index (χ1v) is 8.84. The van der Waals surface area contributed by atoms with Crippen molar-refractivity contribution in [3.63, 3.8) is 0 Å². The topological polar surface area (TPSA) is 38.0 Å². The van der Waals surface area contributed by atoms with Crippen molar-refractivity contribution < 1.29 is 0 Å². The van der Waals surface area contributed by atoms with E-state index in [-0.39, 0.29) is 0 Å². The first-order chi connectivity index (χ1) is 9.43. The molecule has 0 aromatic carbocycles. The van der Waals surface area contributed by atoms with Gasteiger partial charge in [0.25, 0.3) is 0 Å². The molecule has 1 aliphatic rings. The Kier molecular flexibility index (Phi) is 7.53. The lowest BCUT2D eigenvalue weighted by molar-refractivity contribution is 0.207. The van der Waals surface area contributed by atoms with E-state index in [9.17, 15) is 0 Å². The van der Waals surface area contributed by atoms with Gasteiger partial charge in [-0.1, -0.05) is 40.5 Å². The molecule has 0 aromatic rings. The van der Waals surface area contributed by atoms with E-state index in [1.165, 1.54) is 64.5 Å². The minimum Gasteiger partial charge on any atom is -0.330 e. The van der Waals surface area contributed by atoms with Crippen LogP contribution >= 0.6 is 0 Å². The van der Waals surface area contributed by atoms with E-state index < -0.39 is 0 Å². The summed E-state index contributed by atoms with van der Waals surface area (Å²) in [6.07, 6.45) is 10.9. The van der Waals surface area contributed by atoms with E-state index in [2.05, 4.69) is 33.0 Å². The van der Waals surface area contributed by atoms with Gasteiger partial charge in [0.05, 0.1) is 0 Å². The van der Waals surface area contributed by atoms with Crippen LogP contribution < -0.4 is 11.1 Å². The van der Waals surface area contributed by atoms with Crippen LogP contribution in [0.15, 0.2) is 0 Å². The van der Waals surface area contributed by atoms with Crippen LogP contribution in [0.3, 0.4) is 0 Å². The van der Waals surface area contributed by atoms with E-state index >= 15 is 0 Å². The number of hydrogen-bond acceptors (Lipinski definition) is 2. The molecule has 1 unspecified atom stereocenters. The molecule has 0 spiro atoms. The van der Waals surface area contributed by atoms with Crippen LogP contribution in [0.25, 0.3) is 0 Å². The standard InChI is InChI=1S/C18H38N2/c1-5-18(11-6-7-12-18)15-20-14-8-9-16(10-13-19)17(2,3)4/h16,20H,5-15,19H2,1-4H3. The summed E-state index contributed by atoms with van der Waals surface area (Å²) in [5, 5.41) is 3.74. The maximum Gasteiger partial charge on any atom is 0.000770 e. The maximum atomic E-state index is 5.76. The van der Waals surface area contributed by atoms with Crippen LogP contribution in [-0.4, -0.2) is 19.6 Å². The smallest absolute Gasteiger partial charge is 0.000770 e. The van der Waals surface area contributed by atoms with E-state index in [0.717, 1.165) is 12.5 Å². The maximum absolute atomic E-state index is 5.76. The molecule has 0 saturated heterocycles. The van der Waals surface area contributed by atoms with Crippen molar-refractivity contribution in [2.24, 2.45) is 22.5 Å². The zero-order chi connectivity index (χ0) is 15.1. The monoisotopic (exact) mass is 282 g/mol. The summed E-state index contributed by atoms with van der Waals surface area (Å²) in [6, 6.07) is 0. The fourth-order valence-electron chi connectivity index (χ4n) is 3.82. The highest BCUT2D eigenvalue weighted by Gasteiger charge is 2.31. The normalized spacial score (nSPS) is 20.2. The van der Waals surface area contributed by atoms with Gasteiger partial charge >= 0.3 is 0 Å². The van der Waals surface area contributed by atoms with E-state index in [0.29, 0.717) is 10.8 Å². The van der Waals surface area contributed by atoms with Gasteiger partial charge in [0, 0.05) is 6.54 Å². The summed E-state index contributed by atoms with van der Waals surface area (Å²) in [5.41, 5.74) is 6.78. The van der Waals surface area contributed by atoms with Gasteiger partial charge in [0.2, 0.25) is 0 Å². The van der Waals surface area contributed by atoms with E-state index in [4.69, 9.17) is 5.73 Å². The lowest BCUT2D eigenvalue weighted by atomic mass is 9.76. The molecule has 1 atom stereocenters. The molecule has 1 aliphatic carbocycles. The molecule has 120 valence electrons. The Hall–Kier alpha value is -0.0800. The number of nitrogens with one attached hydrogen (secondary N) is 1. The molecule has 2 nitrogen and oxygen atoms in total. The summed E-state index contributed by atoms with van der Waals surface area (Å²) in [4.78, 5) is 0. The number of nitrogens with two attached hydrogens (primary N) is 1. The third-order valence-corrected chi connectivity index (χ3v) is 5.56. The van der Waals surface area contributed by atoms with Crippen molar-refractivity contribution in [3.05, 3.63) is 0 Å². The van der Waals surface area contributed by atoms with Gasteiger partial charge in [0.15, 0.2) is 0 Å². The quantitative estimate of drug-likeness (QED) is 0.617. The van der Waals surface area contributed by atoms with Crippen LogP contribution in [0.4, 0.5) is 0 Å². The number of rotatable bonds is 9. The first-order valence-electron chi connectivity index (χ1n) is 8.84. The van der Waals surface area contributed by atoms with Crippen molar-refractivity contribution in [2.75, 3.05) is 19.6 Å². The Morgan fingerprint density at radius 3 is 2.30 bits per heavy atom. The van der Waals surface area contributed by atoms with Crippen LogP contribution in [-0.2, 0) is 0 Å². The molecule has 1 rings (SSSR count). The molecule has 0 aromatic heterocycles. The SMILES string of the molecule is CCC1(CNCCCC(CCN)C(C)(C)C)CCCC1. The highest BCUT2D eigenvalue weighted by atomic mass is 14.9. The highest BCUT2D eigenvalue weighted by Crippen LogP contribution is 2.40. The van der Waals surface area contributed by atoms with Gasteiger partial charge in [0.1, 0.15) is 0 Å². The fourth-order valence-corrected chi connectivity index (χ4v) is 3.82. The van der Waals surface area contributed by atoms with Crippen LogP contribution in [0.5, 0.6) is 0 Å². The Bertz CT molecular complexity index is 249. The molecule has 0 aliphatic heterocycles. The summed E-state index contributed by atoms with van der Waals surface area (Å²) in [7, 11) is 0. The predicted molar refractivity (Wildman–Crippen MR) is 89.9 cm³/mol. The largest absolute Gasteiger partial charge is 0.330 e. The molecule has 3 N–H and O–H groups in total. The second-order valence-corrected chi connectivity index (χ2v) is 8.02. The van der Waals surface area contributed by atoms with Crippen molar-refractivity contribution in [1.29, 1.82) is 0 Å². The average Bonchev–Trinajstić information content (AvgIpc) is 2.85. The minimum atomic E-state index is 0.398. The first kappa shape index (κ1) is 18.0. The second kappa shape index (κ2) is 8.38. The third kappa shape index (κ3) is 5.73. The number of hydrogen-bond donors (Lipinski definition) is 2. The Morgan fingerprint density at radius 1 is 1.15 bits per heavy atom. The fraction of sp³-hybridized carbons (Fsp3) is 1.00. The summed E-state index contributed by atoms with van der Waals surface area (Å²) in [6.45, 7) is 12.7. The van der Waals surface area contributed by atoms with Gasteiger partial charge in [-0.2, -0.15) is 0 Å². The molecule has 1 fully saturated rings. The molecule has 0 bridgehead atoms. The van der Waals surface area contributed by atoms with Gasteiger partial charge < -0.3 is 11.1 Å². The van der Waals surface area contributed by atoms with E-state index in [1.807, 2.05) is 0 Å². The Morgan fingerprint density at radius 2 is 1.80 bits per heavy atom. The van der Waals surface area contributed by atoms with Crippen molar-refractivity contribution >= 4 is 0 Å². The lowest BCUT2D eigenvalue weighted by Crippen LogP contribution is -2.32. The molecule has 2 heteroatoms. The molecule has 0 heterocycles. The van der Waals surface area contributed by atoms with Gasteiger partial charge in [-0.25, -0.2) is 0 Å². The van der Waals surface area contributed by atoms with Crippen molar-refractivity contribution in [2.45, 2.75) is 79.1 Å². The third-order valence-electron chi connectivity index (χ3n) is 5.56. The van der Waals surface area contributed by atoms with Crippen molar-refractivity contribution in [3.8, 4) is 0 Å². The van der Waals surface area contributed by atoms with E-state index in [1.54, 1.807) is 0 Å². The van der Waals surface area contributed by atoms with Gasteiger partial charge in [-0.05, 0) is 68.4 Å². The lowest BCUT2D eigenvalue weighted by Gasteiger charge is -2.31. The minimum absolute atomic E-state index is 0.398. The van der Waals surface area contributed by atoms with Crippen molar-refractivity contribution in [1.82, 2.24) is 5.32 Å².